The van der Waals surface area contributed by atoms with Crippen LogP contribution in [0.4, 0.5) is 0 Å². The first-order chi connectivity index (χ1) is 7.58. The van der Waals surface area contributed by atoms with Crippen molar-refractivity contribution in [1.29, 1.82) is 0 Å². The molecule has 1 N–H and O–H groups in total. The molecule has 0 aromatic heterocycles. The fourth-order valence-corrected chi connectivity index (χ4v) is 1.50. The minimum atomic E-state index is 0.0136. The van der Waals surface area contributed by atoms with Crippen LogP contribution in [0.15, 0.2) is 24.3 Å². The first-order valence-electron chi connectivity index (χ1n) is 5.23. The summed E-state index contributed by atoms with van der Waals surface area (Å²) >= 11 is 11.5. The van der Waals surface area contributed by atoms with Gasteiger partial charge in [-0.15, -0.1) is 11.6 Å². The van der Waals surface area contributed by atoms with Crippen LogP contribution in [0, 0.1) is 0 Å². The van der Waals surface area contributed by atoms with E-state index in [-0.39, 0.29) is 11.3 Å². The van der Waals surface area contributed by atoms with Crippen LogP contribution in [0.3, 0.4) is 0 Å². The van der Waals surface area contributed by atoms with Gasteiger partial charge < -0.3 is 5.32 Å². The number of amides is 1. The fourth-order valence-electron chi connectivity index (χ4n) is 1.26. The van der Waals surface area contributed by atoms with E-state index in [0.29, 0.717) is 18.0 Å². The summed E-state index contributed by atoms with van der Waals surface area (Å²) in [7, 11) is 0. The Labute approximate surface area is 106 Å². The Morgan fingerprint density at radius 2 is 2.00 bits per heavy atom. The minimum Gasteiger partial charge on any atom is -0.356 e. The molecule has 1 aromatic carbocycles. The van der Waals surface area contributed by atoms with E-state index >= 15 is 0 Å². The quantitative estimate of drug-likeness (QED) is 0.810. The molecule has 0 radical (unpaired) electrons. The van der Waals surface area contributed by atoms with Gasteiger partial charge in [0.05, 0.1) is 6.42 Å². The van der Waals surface area contributed by atoms with Crippen LogP contribution < -0.4 is 5.32 Å². The highest BCUT2D eigenvalue weighted by Crippen LogP contribution is 2.09. The fraction of sp³-hybridized carbons (Fsp3) is 0.417. The van der Waals surface area contributed by atoms with Gasteiger partial charge in [-0.1, -0.05) is 23.7 Å². The molecule has 0 aliphatic heterocycles. The van der Waals surface area contributed by atoms with E-state index in [1.54, 1.807) is 12.1 Å². The van der Waals surface area contributed by atoms with Gasteiger partial charge in [-0.2, -0.15) is 0 Å². The van der Waals surface area contributed by atoms with Crippen molar-refractivity contribution < 1.29 is 4.79 Å². The largest absolute Gasteiger partial charge is 0.356 e. The topological polar surface area (TPSA) is 29.1 Å². The third-order valence-corrected chi connectivity index (χ3v) is 2.61. The van der Waals surface area contributed by atoms with Gasteiger partial charge >= 0.3 is 0 Å². The van der Waals surface area contributed by atoms with Crippen molar-refractivity contribution in [2.45, 2.75) is 25.1 Å². The first-order valence-corrected chi connectivity index (χ1v) is 6.04. The standard InChI is InChI=1S/C12H15Cl2NO/c1-9(13)6-7-15-12(16)8-10-2-4-11(14)5-3-10/h2-5,9H,6-8H2,1H3,(H,15,16). The molecule has 0 saturated heterocycles. The van der Waals surface area contributed by atoms with Gasteiger partial charge in [-0.3, -0.25) is 4.79 Å². The first kappa shape index (κ1) is 13.3. The number of hydrogen-bond acceptors (Lipinski definition) is 1. The maximum Gasteiger partial charge on any atom is 0.224 e. The Kier molecular flexibility index (Phi) is 5.64. The Morgan fingerprint density at radius 1 is 1.38 bits per heavy atom. The highest BCUT2D eigenvalue weighted by Gasteiger charge is 2.03. The second-order valence-corrected chi connectivity index (χ2v) is 4.90. The van der Waals surface area contributed by atoms with Gasteiger partial charge in [0.25, 0.3) is 0 Å². The van der Waals surface area contributed by atoms with Gasteiger partial charge in [0, 0.05) is 16.9 Å². The van der Waals surface area contributed by atoms with Crippen molar-refractivity contribution in [2.75, 3.05) is 6.54 Å². The molecule has 1 atom stereocenters. The highest BCUT2D eigenvalue weighted by atomic mass is 35.5. The molecule has 0 spiro atoms. The maximum absolute atomic E-state index is 11.5. The number of nitrogens with one attached hydrogen (secondary N) is 1. The Bertz CT molecular complexity index is 335. The SMILES string of the molecule is CC(Cl)CCNC(=O)Cc1ccc(Cl)cc1. The molecule has 1 aromatic rings. The summed E-state index contributed by atoms with van der Waals surface area (Å²) in [6.45, 7) is 2.53. The maximum atomic E-state index is 11.5. The number of hydrogen-bond donors (Lipinski definition) is 1. The second kappa shape index (κ2) is 6.77. The molecular formula is C12H15Cl2NO. The number of alkyl halides is 1. The molecular weight excluding hydrogens is 245 g/mol. The van der Waals surface area contributed by atoms with E-state index in [1.807, 2.05) is 19.1 Å². The van der Waals surface area contributed by atoms with Gasteiger partial charge in [0.15, 0.2) is 0 Å². The van der Waals surface area contributed by atoms with Crippen LogP contribution in [0.5, 0.6) is 0 Å². The van der Waals surface area contributed by atoms with Gasteiger partial charge in [0.1, 0.15) is 0 Å². The average Bonchev–Trinajstić information content (AvgIpc) is 2.21. The summed E-state index contributed by atoms with van der Waals surface area (Å²) in [4.78, 5) is 11.5. The summed E-state index contributed by atoms with van der Waals surface area (Å²) < 4.78 is 0. The molecule has 4 heteroatoms. The lowest BCUT2D eigenvalue weighted by molar-refractivity contribution is -0.120. The number of rotatable bonds is 5. The van der Waals surface area contributed by atoms with E-state index in [2.05, 4.69) is 5.32 Å². The van der Waals surface area contributed by atoms with E-state index in [9.17, 15) is 4.79 Å². The van der Waals surface area contributed by atoms with Crippen molar-refractivity contribution >= 4 is 29.1 Å². The number of carbonyl (C=O) groups excluding carboxylic acids is 1. The molecule has 1 rings (SSSR count). The molecule has 2 nitrogen and oxygen atoms in total. The average molecular weight is 260 g/mol. The summed E-state index contributed by atoms with van der Waals surface area (Å²) in [5.74, 6) is 0.0136. The summed E-state index contributed by atoms with van der Waals surface area (Å²) in [5.41, 5.74) is 0.959. The third kappa shape index (κ3) is 5.38. The predicted octanol–water partition coefficient (Wildman–Crippen LogP) is 3.02. The third-order valence-electron chi connectivity index (χ3n) is 2.14. The van der Waals surface area contributed by atoms with Crippen LogP contribution in [-0.4, -0.2) is 17.8 Å². The van der Waals surface area contributed by atoms with E-state index in [1.165, 1.54) is 0 Å². The van der Waals surface area contributed by atoms with Crippen LogP contribution >= 0.6 is 23.2 Å². The Balaban J connectivity index is 2.31. The molecule has 88 valence electrons. The zero-order valence-electron chi connectivity index (χ0n) is 9.17. The van der Waals surface area contributed by atoms with Gasteiger partial charge in [-0.05, 0) is 31.0 Å². The highest BCUT2D eigenvalue weighted by molar-refractivity contribution is 6.30. The second-order valence-electron chi connectivity index (χ2n) is 3.72. The van der Waals surface area contributed by atoms with Crippen molar-refractivity contribution in [2.24, 2.45) is 0 Å². The number of benzene rings is 1. The molecule has 0 heterocycles. The summed E-state index contributed by atoms with van der Waals surface area (Å²) in [5, 5.41) is 3.59. The molecule has 16 heavy (non-hydrogen) atoms. The van der Waals surface area contributed by atoms with Crippen LogP contribution in [-0.2, 0) is 11.2 Å². The normalized spacial score (nSPS) is 12.2. The number of halogens is 2. The van der Waals surface area contributed by atoms with E-state index in [0.717, 1.165) is 12.0 Å². The summed E-state index contributed by atoms with van der Waals surface area (Å²) in [6.07, 6.45) is 1.17. The van der Waals surface area contributed by atoms with E-state index in [4.69, 9.17) is 23.2 Å². The minimum absolute atomic E-state index is 0.0136. The monoisotopic (exact) mass is 259 g/mol. The van der Waals surface area contributed by atoms with E-state index < -0.39 is 0 Å². The lowest BCUT2D eigenvalue weighted by Gasteiger charge is -2.06. The van der Waals surface area contributed by atoms with Crippen molar-refractivity contribution in [1.82, 2.24) is 5.32 Å². The van der Waals surface area contributed by atoms with Crippen molar-refractivity contribution in [3.05, 3.63) is 34.9 Å². The number of carbonyl (C=O) groups is 1. The van der Waals surface area contributed by atoms with Gasteiger partial charge in [0.2, 0.25) is 5.91 Å². The molecule has 1 unspecified atom stereocenters. The lowest BCUT2D eigenvalue weighted by Crippen LogP contribution is -2.27. The molecule has 0 aliphatic rings. The lowest BCUT2D eigenvalue weighted by atomic mass is 10.1. The Hall–Kier alpha value is -0.730. The molecule has 0 saturated carbocycles. The summed E-state index contributed by atoms with van der Waals surface area (Å²) in [6, 6.07) is 7.27. The molecule has 1 amide bonds. The van der Waals surface area contributed by atoms with Crippen molar-refractivity contribution in [3.8, 4) is 0 Å². The zero-order valence-corrected chi connectivity index (χ0v) is 10.7. The smallest absolute Gasteiger partial charge is 0.224 e. The Morgan fingerprint density at radius 3 is 2.56 bits per heavy atom. The predicted molar refractivity (Wildman–Crippen MR) is 68.1 cm³/mol. The van der Waals surface area contributed by atoms with Crippen molar-refractivity contribution in [3.63, 3.8) is 0 Å². The van der Waals surface area contributed by atoms with Gasteiger partial charge in [-0.25, -0.2) is 0 Å². The van der Waals surface area contributed by atoms with Crippen LogP contribution in [0.2, 0.25) is 5.02 Å². The zero-order chi connectivity index (χ0) is 12.0. The molecule has 0 bridgehead atoms. The van der Waals surface area contributed by atoms with Crippen LogP contribution in [0.25, 0.3) is 0 Å². The molecule has 0 fully saturated rings. The molecule has 0 aliphatic carbocycles. The van der Waals surface area contributed by atoms with Crippen LogP contribution in [0.1, 0.15) is 18.9 Å².